The highest BCUT2D eigenvalue weighted by Crippen LogP contribution is 2.31. The minimum absolute atomic E-state index is 0.0950. The zero-order valence-electron chi connectivity index (χ0n) is 16.2. The monoisotopic (exact) mass is 381 g/mol. The van der Waals surface area contributed by atoms with E-state index in [1.54, 1.807) is 6.92 Å². The molecule has 2 aromatic carbocycles. The Kier molecular flexibility index (Phi) is 5.99. The summed E-state index contributed by atoms with van der Waals surface area (Å²) in [5.74, 6) is 0.230. The van der Waals surface area contributed by atoms with Crippen molar-refractivity contribution >= 4 is 22.6 Å². The first kappa shape index (κ1) is 19.5. The van der Waals surface area contributed by atoms with Crippen LogP contribution in [0.4, 0.5) is 5.69 Å². The van der Waals surface area contributed by atoms with Crippen LogP contribution in [-0.2, 0) is 16.1 Å². The molecule has 0 bridgehead atoms. The molecule has 0 radical (unpaired) electrons. The van der Waals surface area contributed by atoms with Crippen LogP contribution in [0.5, 0.6) is 5.75 Å². The van der Waals surface area contributed by atoms with Gasteiger partial charge in [0, 0.05) is 10.9 Å². The highest BCUT2D eigenvalue weighted by molar-refractivity contribution is 5.88. The Morgan fingerprint density at radius 2 is 1.82 bits per heavy atom. The van der Waals surface area contributed by atoms with Crippen molar-refractivity contribution in [1.82, 2.24) is 0 Å². The molecule has 0 amide bonds. The molecule has 0 aliphatic heterocycles. The summed E-state index contributed by atoms with van der Waals surface area (Å²) in [4.78, 5) is 24.0. The number of hydrogen-bond acceptors (Lipinski definition) is 6. The lowest BCUT2D eigenvalue weighted by Crippen LogP contribution is -2.21. The van der Waals surface area contributed by atoms with E-state index in [4.69, 9.17) is 13.9 Å². The van der Waals surface area contributed by atoms with E-state index >= 15 is 0 Å². The average Bonchev–Trinajstić information content (AvgIpc) is 2.69. The minimum Gasteiger partial charge on any atom is -0.488 e. The van der Waals surface area contributed by atoms with Crippen molar-refractivity contribution in [1.29, 1.82) is 0 Å². The number of hydrogen-bond donors (Lipinski definition) is 1. The molecule has 0 aliphatic carbocycles. The Labute approximate surface area is 163 Å². The summed E-state index contributed by atoms with van der Waals surface area (Å²) in [6.07, 6.45) is 0. The van der Waals surface area contributed by atoms with E-state index < -0.39 is 11.6 Å². The molecule has 6 heteroatoms. The van der Waals surface area contributed by atoms with Crippen molar-refractivity contribution in [2.24, 2.45) is 0 Å². The molecule has 1 heterocycles. The molecule has 3 rings (SSSR count). The Hall–Kier alpha value is -3.28. The Morgan fingerprint density at radius 3 is 2.54 bits per heavy atom. The molecule has 0 fully saturated rings. The van der Waals surface area contributed by atoms with E-state index in [2.05, 4.69) is 5.32 Å². The lowest BCUT2D eigenvalue weighted by molar-refractivity contribution is -0.140. The predicted molar refractivity (Wildman–Crippen MR) is 108 cm³/mol. The quantitative estimate of drug-likeness (QED) is 0.493. The zero-order chi connectivity index (χ0) is 20.1. The number of rotatable bonds is 7. The molecule has 0 spiro atoms. The largest absolute Gasteiger partial charge is 0.488 e. The van der Waals surface area contributed by atoms with Crippen molar-refractivity contribution in [2.45, 2.75) is 27.4 Å². The molecular weight excluding hydrogens is 358 g/mol. The predicted octanol–water partition coefficient (Wildman–Crippen LogP) is 3.96. The van der Waals surface area contributed by atoms with E-state index in [0.717, 1.165) is 16.5 Å². The van der Waals surface area contributed by atoms with Gasteiger partial charge >= 0.3 is 11.6 Å². The molecule has 0 unspecified atom stereocenters. The van der Waals surface area contributed by atoms with Gasteiger partial charge in [-0.15, -0.1) is 0 Å². The first-order chi connectivity index (χ1) is 13.5. The van der Waals surface area contributed by atoms with Crippen molar-refractivity contribution in [2.75, 3.05) is 18.5 Å². The van der Waals surface area contributed by atoms with Gasteiger partial charge in [-0.05, 0) is 44.0 Å². The minimum atomic E-state index is -0.530. The van der Waals surface area contributed by atoms with E-state index in [-0.39, 0.29) is 18.8 Å². The fourth-order valence-corrected chi connectivity index (χ4v) is 3.00. The highest BCUT2D eigenvalue weighted by atomic mass is 16.5. The Bertz CT molecular complexity index is 1040. The van der Waals surface area contributed by atoms with Gasteiger partial charge in [0.05, 0.1) is 6.61 Å². The SMILES string of the molecule is CCOC(=O)CNc1c(C)c2ccc(OCc3ccccc3)c(C)c2oc1=O. The molecule has 146 valence electrons. The van der Waals surface area contributed by atoms with Gasteiger partial charge in [0.25, 0.3) is 0 Å². The first-order valence-electron chi connectivity index (χ1n) is 9.14. The molecule has 0 aliphatic rings. The van der Waals surface area contributed by atoms with Crippen molar-refractivity contribution < 1.29 is 18.7 Å². The number of nitrogens with one attached hydrogen (secondary N) is 1. The molecule has 28 heavy (non-hydrogen) atoms. The lowest BCUT2D eigenvalue weighted by Gasteiger charge is -2.14. The highest BCUT2D eigenvalue weighted by Gasteiger charge is 2.16. The number of esters is 1. The average molecular weight is 381 g/mol. The summed E-state index contributed by atoms with van der Waals surface area (Å²) in [5, 5.41) is 3.61. The number of aryl methyl sites for hydroxylation is 2. The fourth-order valence-electron chi connectivity index (χ4n) is 3.00. The van der Waals surface area contributed by atoms with Crippen LogP contribution in [-0.4, -0.2) is 19.1 Å². The molecule has 1 N–H and O–H groups in total. The van der Waals surface area contributed by atoms with Crippen molar-refractivity contribution in [3.05, 3.63) is 69.6 Å². The van der Waals surface area contributed by atoms with Gasteiger partial charge in [-0.2, -0.15) is 0 Å². The number of ether oxygens (including phenoxy) is 2. The third-order valence-corrected chi connectivity index (χ3v) is 4.49. The first-order valence-corrected chi connectivity index (χ1v) is 9.14. The molecule has 1 aromatic heterocycles. The molecule has 3 aromatic rings. The summed E-state index contributed by atoms with van der Waals surface area (Å²) in [5.41, 5.74) is 2.74. The molecular formula is C22H23NO5. The topological polar surface area (TPSA) is 77.8 Å². The van der Waals surface area contributed by atoms with Gasteiger partial charge in [0.1, 0.15) is 30.2 Å². The standard InChI is InChI=1S/C22H23NO5/c1-4-26-19(24)12-23-20-14(2)17-10-11-18(15(3)21(17)28-22(20)25)27-13-16-8-6-5-7-9-16/h5-11,23H,4,12-13H2,1-3H3. The van der Waals surface area contributed by atoms with Crippen LogP contribution in [0.3, 0.4) is 0 Å². The molecule has 0 atom stereocenters. The second kappa shape index (κ2) is 8.61. The Morgan fingerprint density at radius 1 is 1.07 bits per heavy atom. The van der Waals surface area contributed by atoms with Crippen LogP contribution in [0.25, 0.3) is 11.0 Å². The van der Waals surface area contributed by atoms with Gasteiger partial charge in [-0.3, -0.25) is 4.79 Å². The van der Waals surface area contributed by atoms with Gasteiger partial charge in [0.15, 0.2) is 0 Å². The van der Waals surface area contributed by atoms with Crippen molar-refractivity contribution in [3.63, 3.8) is 0 Å². The Balaban J connectivity index is 1.88. The van der Waals surface area contributed by atoms with E-state index in [0.29, 0.717) is 23.5 Å². The van der Waals surface area contributed by atoms with Crippen LogP contribution < -0.4 is 15.7 Å². The second-order valence-electron chi connectivity index (χ2n) is 6.39. The van der Waals surface area contributed by atoms with Gasteiger partial charge in [0.2, 0.25) is 0 Å². The fraction of sp³-hybridized carbons (Fsp3) is 0.273. The maximum Gasteiger partial charge on any atom is 0.360 e. The van der Waals surface area contributed by atoms with Crippen LogP contribution >= 0.6 is 0 Å². The third-order valence-electron chi connectivity index (χ3n) is 4.49. The summed E-state index contributed by atoms with van der Waals surface area (Å²) < 4.78 is 16.3. The van der Waals surface area contributed by atoms with Gasteiger partial charge in [-0.1, -0.05) is 30.3 Å². The maximum atomic E-state index is 12.4. The third kappa shape index (κ3) is 4.17. The van der Waals surface area contributed by atoms with Crippen LogP contribution in [0.2, 0.25) is 0 Å². The molecule has 0 saturated carbocycles. The maximum absolute atomic E-state index is 12.4. The van der Waals surface area contributed by atoms with E-state index in [1.807, 2.05) is 56.3 Å². The summed E-state index contributed by atoms with van der Waals surface area (Å²) in [6.45, 7) is 6.02. The lowest BCUT2D eigenvalue weighted by atomic mass is 10.1. The van der Waals surface area contributed by atoms with E-state index in [1.165, 1.54) is 0 Å². The normalized spacial score (nSPS) is 10.7. The summed E-state index contributed by atoms with van der Waals surface area (Å²) in [7, 11) is 0. The molecule has 6 nitrogen and oxygen atoms in total. The van der Waals surface area contributed by atoms with Gasteiger partial charge in [-0.25, -0.2) is 4.79 Å². The van der Waals surface area contributed by atoms with Crippen LogP contribution in [0, 0.1) is 13.8 Å². The number of benzene rings is 2. The smallest absolute Gasteiger partial charge is 0.360 e. The van der Waals surface area contributed by atoms with Crippen molar-refractivity contribution in [3.8, 4) is 5.75 Å². The number of carbonyl (C=O) groups excluding carboxylic acids is 1. The number of fused-ring (bicyclic) bond motifs is 1. The van der Waals surface area contributed by atoms with E-state index in [9.17, 15) is 9.59 Å². The summed E-state index contributed by atoms with van der Waals surface area (Å²) >= 11 is 0. The van der Waals surface area contributed by atoms with Crippen LogP contribution in [0.1, 0.15) is 23.6 Å². The number of carbonyl (C=O) groups is 1. The summed E-state index contributed by atoms with van der Waals surface area (Å²) in [6, 6.07) is 13.6. The zero-order valence-corrected chi connectivity index (χ0v) is 16.2. The van der Waals surface area contributed by atoms with Crippen LogP contribution in [0.15, 0.2) is 51.7 Å². The number of anilines is 1. The second-order valence-corrected chi connectivity index (χ2v) is 6.39. The van der Waals surface area contributed by atoms with Gasteiger partial charge < -0.3 is 19.2 Å². The molecule has 0 saturated heterocycles.